The van der Waals surface area contributed by atoms with Crippen LogP contribution in [-0.2, 0) is 6.54 Å². The highest BCUT2D eigenvalue weighted by Crippen LogP contribution is 2.45. The van der Waals surface area contributed by atoms with Gasteiger partial charge in [0.25, 0.3) is 0 Å². The number of hydrogen-bond acceptors (Lipinski definition) is 6. The summed E-state index contributed by atoms with van der Waals surface area (Å²) in [5.41, 5.74) is 4.46. The molecule has 126 valence electrons. The fraction of sp³-hybridized carbons (Fsp3) is 0.211. The van der Waals surface area contributed by atoms with Gasteiger partial charge in [-0.2, -0.15) is 0 Å². The number of anilines is 2. The molecule has 1 fully saturated rings. The molecule has 3 aromatic rings. The molecule has 0 saturated carbocycles. The number of benzene rings is 2. The molecule has 0 aliphatic carbocycles. The second-order valence-electron chi connectivity index (χ2n) is 6.41. The summed E-state index contributed by atoms with van der Waals surface area (Å²) in [6.07, 6.45) is -0.161. The molecule has 0 unspecified atom stereocenters. The number of aromatic nitrogens is 1. The van der Waals surface area contributed by atoms with E-state index >= 15 is 0 Å². The third-order valence-electron chi connectivity index (χ3n) is 4.50. The molecule has 0 spiro atoms. The predicted octanol–water partition coefficient (Wildman–Crippen LogP) is 4.19. The van der Waals surface area contributed by atoms with E-state index in [2.05, 4.69) is 58.1 Å². The van der Waals surface area contributed by atoms with Crippen molar-refractivity contribution in [3.8, 4) is 11.3 Å². The molecule has 6 heteroatoms. The molecule has 3 heterocycles. The van der Waals surface area contributed by atoms with Gasteiger partial charge in [-0.3, -0.25) is 4.90 Å². The van der Waals surface area contributed by atoms with Crippen LogP contribution in [0.3, 0.4) is 0 Å². The number of thiazole rings is 1. The van der Waals surface area contributed by atoms with Gasteiger partial charge in [-0.15, -0.1) is 11.3 Å². The number of hydrogen-bond donors (Lipinski definition) is 2. The summed E-state index contributed by atoms with van der Waals surface area (Å²) in [6, 6.07) is 14.9. The minimum Gasteiger partial charge on any atom is -0.390 e. The van der Waals surface area contributed by atoms with Crippen molar-refractivity contribution in [1.29, 1.82) is 0 Å². The minimum atomic E-state index is -0.161. The zero-order chi connectivity index (χ0) is 16.8. The highest BCUT2D eigenvalue weighted by atomic mass is 32.2. The van der Waals surface area contributed by atoms with E-state index in [-0.39, 0.29) is 6.10 Å². The van der Waals surface area contributed by atoms with Crippen LogP contribution in [0.25, 0.3) is 11.3 Å². The molecule has 25 heavy (non-hydrogen) atoms. The lowest BCUT2D eigenvalue weighted by Crippen LogP contribution is -2.49. The van der Waals surface area contributed by atoms with Crippen LogP contribution in [0.15, 0.2) is 57.6 Å². The third kappa shape index (κ3) is 2.95. The molecule has 2 N–H and O–H groups in total. The van der Waals surface area contributed by atoms with E-state index in [4.69, 9.17) is 4.98 Å². The first kappa shape index (κ1) is 15.4. The number of aliphatic hydroxyl groups is 1. The standard InChI is InChI=1S/C19H17N3OS2/c23-13-8-22(9-13)10-19-21-16(11-24-19)12-5-6-18-15(7-12)20-14-3-1-2-4-17(14)25-18/h1-7,11,13,20,23H,8-10H2. The van der Waals surface area contributed by atoms with Crippen molar-refractivity contribution in [2.75, 3.05) is 18.4 Å². The van der Waals surface area contributed by atoms with Crippen LogP contribution >= 0.6 is 23.1 Å². The highest BCUT2D eigenvalue weighted by Gasteiger charge is 2.25. The van der Waals surface area contributed by atoms with E-state index in [1.165, 1.54) is 9.79 Å². The van der Waals surface area contributed by atoms with Crippen LogP contribution in [0.5, 0.6) is 0 Å². The van der Waals surface area contributed by atoms with Gasteiger partial charge in [0.2, 0.25) is 0 Å². The summed E-state index contributed by atoms with van der Waals surface area (Å²) in [5.74, 6) is 0. The Morgan fingerprint density at radius 1 is 1.12 bits per heavy atom. The fourth-order valence-corrected chi connectivity index (χ4v) is 4.99. The third-order valence-corrected chi connectivity index (χ3v) is 6.49. The van der Waals surface area contributed by atoms with E-state index in [0.717, 1.165) is 47.3 Å². The molecule has 0 radical (unpaired) electrons. The smallest absolute Gasteiger partial charge is 0.107 e. The van der Waals surface area contributed by atoms with Gasteiger partial charge < -0.3 is 10.4 Å². The molecule has 2 aliphatic heterocycles. The summed E-state index contributed by atoms with van der Waals surface area (Å²) in [6.45, 7) is 2.34. The number of nitrogens with one attached hydrogen (secondary N) is 1. The molecule has 4 nitrogen and oxygen atoms in total. The maximum atomic E-state index is 9.39. The molecule has 0 amide bonds. The van der Waals surface area contributed by atoms with Gasteiger partial charge in [0.05, 0.1) is 29.7 Å². The summed E-state index contributed by atoms with van der Waals surface area (Å²) < 4.78 is 0. The van der Waals surface area contributed by atoms with Gasteiger partial charge in [0.1, 0.15) is 5.01 Å². The van der Waals surface area contributed by atoms with Crippen LogP contribution in [0.4, 0.5) is 11.4 Å². The lowest BCUT2D eigenvalue weighted by molar-refractivity contribution is -0.00287. The Kier molecular flexibility index (Phi) is 3.78. The van der Waals surface area contributed by atoms with Crippen molar-refractivity contribution < 1.29 is 5.11 Å². The Labute approximate surface area is 154 Å². The van der Waals surface area contributed by atoms with Crippen molar-refractivity contribution in [2.24, 2.45) is 0 Å². The van der Waals surface area contributed by atoms with Gasteiger partial charge in [0.15, 0.2) is 0 Å². The lowest BCUT2D eigenvalue weighted by atomic mass is 10.1. The second-order valence-corrected chi connectivity index (χ2v) is 8.43. The number of aliphatic hydroxyl groups excluding tert-OH is 1. The van der Waals surface area contributed by atoms with Crippen LogP contribution < -0.4 is 5.32 Å². The normalized spacial score (nSPS) is 16.7. The van der Waals surface area contributed by atoms with Gasteiger partial charge in [0, 0.05) is 33.8 Å². The van der Waals surface area contributed by atoms with Crippen molar-refractivity contribution >= 4 is 34.5 Å². The number of rotatable bonds is 3. The summed E-state index contributed by atoms with van der Waals surface area (Å²) in [5, 5.41) is 16.2. The first-order valence-electron chi connectivity index (χ1n) is 8.28. The average Bonchev–Trinajstić information content (AvgIpc) is 3.07. The molecule has 2 aliphatic rings. The lowest BCUT2D eigenvalue weighted by Gasteiger charge is -2.34. The molecule has 0 atom stereocenters. The quantitative estimate of drug-likeness (QED) is 0.568. The topological polar surface area (TPSA) is 48.4 Å². The highest BCUT2D eigenvalue weighted by molar-refractivity contribution is 7.99. The summed E-state index contributed by atoms with van der Waals surface area (Å²) in [4.78, 5) is 9.50. The maximum Gasteiger partial charge on any atom is 0.107 e. The minimum absolute atomic E-state index is 0.161. The zero-order valence-corrected chi connectivity index (χ0v) is 15.1. The first-order chi connectivity index (χ1) is 12.2. The SMILES string of the molecule is OC1CN(Cc2nc(-c3ccc4c(c3)Nc3ccccc3S4)cs2)C1. The number of β-amino-alcohol motifs (C(OH)–C–C–N with tert-alkyl or cyclic N) is 1. The van der Waals surface area contributed by atoms with Crippen molar-refractivity contribution in [3.05, 3.63) is 52.9 Å². The summed E-state index contributed by atoms with van der Waals surface area (Å²) >= 11 is 3.49. The predicted molar refractivity (Wildman–Crippen MR) is 103 cm³/mol. The number of likely N-dealkylation sites (tertiary alicyclic amines) is 1. The Morgan fingerprint density at radius 3 is 2.84 bits per heavy atom. The monoisotopic (exact) mass is 367 g/mol. The molecular weight excluding hydrogens is 350 g/mol. The molecule has 1 saturated heterocycles. The molecular formula is C19H17N3OS2. The molecule has 0 bridgehead atoms. The number of nitrogens with zero attached hydrogens (tertiary/aromatic N) is 2. The van der Waals surface area contributed by atoms with Crippen LogP contribution in [0, 0.1) is 0 Å². The van der Waals surface area contributed by atoms with Crippen LogP contribution in [0.2, 0.25) is 0 Å². The average molecular weight is 367 g/mol. The Balaban J connectivity index is 1.38. The van der Waals surface area contributed by atoms with E-state index in [1.54, 1.807) is 23.1 Å². The van der Waals surface area contributed by atoms with E-state index < -0.39 is 0 Å². The van der Waals surface area contributed by atoms with Crippen LogP contribution in [-0.4, -0.2) is 34.2 Å². The van der Waals surface area contributed by atoms with Crippen molar-refractivity contribution in [2.45, 2.75) is 22.4 Å². The van der Waals surface area contributed by atoms with Gasteiger partial charge in [-0.05, 0) is 24.3 Å². The second kappa shape index (κ2) is 6.14. The van der Waals surface area contributed by atoms with Crippen molar-refractivity contribution in [3.63, 3.8) is 0 Å². The molecule has 5 rings (SSSR count). The van der Waals surface area contributed by atoms with E-state index in [1.807, 2.05) is 0 Å². The Morgan fingerprint density at radius 2 is 1.96 bits per heavy atom. The number of para-hydroxylation sites is 1. The van der Waals surface area contributed by atoms with Crippen molar-refractivity contribution in [1.82, 2.24) is 9.88 Å². The fourth-order valence-electron chi connectivity index (χ4n) is 3.18. The van der Waals surface area contributed by atoms with Gasteiger partial charge in [-0.1, -0.05) is 30.0 Å². The molecule has 1 aromatic heterocycles. The van der Waals surface area contributed by atoms with E-state index in [9.17, 15) is 5.11 Å². The van der Waals surface area contributed by atoms with E-state index in [0.29, 0.717) is 0 Å². The molecule has 2 aromatic carbocycles. The first-order valence-corrected chi connectivity index (χ1v) is 9.97. The maximum absolute atomic E-state index is 9.39. The summed E-state index contributed by atoms with van der Waals surface area (Å²) in [7, 11) is 0. The largest absolute Gasteiger partial charge is 0.390 e. The zero-order valence-electron chi connectivity index (χ0n) is 13.5. The Bertz CT molecular complexity index is 934. The Hall–Kier alpha value is -1.86. The van der Waals surface area contributed by atoms with Gasteiger partial charge >= 0.3 is 0 Å². The van der Waals surface area contributed by atoms with Crippen LogP contribution in [0.1, 0.15) is 5.01 Å². The number of fused-ring (bicyclic) bond motifs is 2. The van der Waals surface area contributed by atoms with Gasteiger partial charge in [-0.25, -0.2) is 4.98 Å².